The third-order valence-corrected chi connectivity index (χ3v) is 4.95. The third kappa shape index (κ3) is 3.26. The molecular weight excluding hydrogens is 318 g/mol. The van der Waals surface area contributed by atoms with Gasteiger partial charge in [-0.2, -0.15) is 5.10 Å². The van der Waals surface area contributed by atoms with Crippen LogP contribution in [0.3, 0.4) is 0 Å². The van der Waals surface area contributed by atoms with Crippen molar-refractivity contribution >= 4 is 23.5 Å². The Morgan fingerprint density at radius 1 is 1.41 bits per heavy atom. The highest BCUT2D eigenvalue weighted by molar-refractivity contribution is 7.97. The summed E-state index contributed by atoms with van der Waals surface area (Å²) in [5.41, 5.74) is 2.30. The van der Waals surface area contributed by atoms with Crippen LogP contribution in [0.2, 0.25) is 5.02 Å². The number of aryl methyl sites for hydroxylation is 1. The number of rotatable bonds is 5. The van der Waals surface area contributed by atoms with Crippen LogP contribution < -0.4 is 9.46 Å². The Balaban J connectivity index is 1.73. The summed E-state index contributed by atoms with van der Waals surface area (Å²) in [5, 5.41) is 5.50. The number of ether oxygens (including phenoxy) is 1. The zero-order valence-corrected chi connectivity index (χ0v) is 14.4. The van der Waals surface area contributed by atoms with Crippen LogP contribution in [-0.4, -0.2) is 16.4 Å². The Morgan fingerprint density at radius 2 is 2.18 bits per heavy atom. The molecule has 0 aliphatic carbocycles. The molecule has 0 spiro atoms. The number of hydrogen-bond donors (Lipinski definition) is 1. The van der Waals surface area contributed by atoms with Gasteiger partial charge in [-0.1, -0.05) is 18.5 Å². The summed E-state index contributed by atoms with van der Waals surface area (Å²) >= 11 is 7.51. The number of hydrogen-bond acceptors (Lipinski definition) is 4. The smallest absolute Gasteiger partial charge is 0.215 e. The molecule has 1 aromatic heterocycles. The number of benzene rings is 1. The summed E-state index contributed by atoms with van der Waals surface area (Å²) in [6, 6.07) is 7.97. The molecule has 6 heteroatoms. The number of halogens is 1. The third-order valence-electron chi connectivity index (χ3n) is 3.71. The van der Waals surface area contributed by atoms with Gasteiger partial charge in [0, 0.05) is 28.4 Å². The molecule has 2 aromatic rings. The van der Waals surface area contributed by atoms with E-state index in [0.717, 1.165) is 47.5 Å². The molecule has 2 heterocycles. The van der Waals surface area contributed by atoms with E-state index in [1.165, 1.54) is 5.56 Å². The number of nitrogens with zero attached hydrogens (tertiary/aromatic N) is 2. The SMILES string of the molecule is CCc1c(C(C)NSc2ccc(Cl)cc2)nn2c1OCCC2. The van der Waals surface area contributed by atoms with Crippen molar-refractivity contribution < 1.29 is 4.74 Å². The Hall–Kier alpha value is -1.17. The lowest BCUT2D eigenvalue weighted by Crippen LogP contribution is -2.15. The van der Waals surface area contributed by atoms with Gasteiger partial charge in [0.1, 0.15) is 0 Å². The lowest BCUT2D eigenvalue weighted by Gasteiger charge is -2.15. The first-order chi connectivity index (χ1) is 10.7. The van der Waals surface area contributed by atoms with Crippen LogP contribution in [0.5, 0.6) is 5.88 Å². The summed E-state index contributed by atoms with van der Waals surface area (Å²) in [7, 11) is 0. The first-order valence-electron chi connectivity index (χ1n) is 7.59. The molecule has 0 saturated heterocycles. The lowest BCUT2D eigenvalue weighted by atomic mass is 10.1. The second-order valence-electron chi connectivity index (χ2n) is 5.34. The second-order valence-corrected chi connectivity index (χ2v) is 6.69. The molecule has 1 aromatic carbocycles. The summed E-state index contributed by atoms with van der Waals surface area (Å²) in [6.45, 7) is 6.02. The van der Waals surface area contributed by atoms with Gasteiger partial charge in [0.2, 0.25) is 5.88 Å². The number of aromatic nitrogens is 2. The highest BCUT2D eigenvalue weighted by Gasteiger charge is 2.23. The normalized spacial score (nSPS) is 15.2. The van der Waals surface area contributed by atoms with E-state index in [2.05, 4.69) is 18.6 Å². The minimum Gasteiger partial charge on any atom is -0.478 e. The average molecular weight is 338 g/mol. The Bertz CT molecular complexity index is 642. The summed E-state index contributed by atoms with van der Waals surface area (Å²) < 4.78 is 11.3. The van der Waals surface area contributed by atoms with Crippen LogP contribution in [0.1, 0.15) is 37.6 Å². The molecule has 0 saturated carbocycles. The maximum absolute atomic E-state index is 5.91. The standard InChI is InChI=1S/C16H20ClN3OS/c1-3-14-15(18-20-9-4-10-21-16(14)20)11(2)19-22-13-7-5-12(17)6-8-13/h5-8,11,19H,3-4,9-10H2,1-2H3. The maximum Gasteiger partial charge on any atom is 0.215 e. The van der Waals surface area contributed by atoms with Crippen molar-refractivity contribution in [3.8, 4) is 5.88 Å². The van der Waals surface area contributed by atoms with Crippen LogP contribution in [0.4, 0.5) is 0 Å². The molecule has 22 heavy (non-hydrogen) atoms. The van der Waals surface area contributed by atoms with E-state index in [4.69, 9.17) is 21.4 Å². The highest BCUT2D eigenvalue weighted by atomic mass is 35.5. The van der Waals surface area contributed by atoms with E-state index < -0.39 is 0 Å². The minimum atomic E-state index is 0.150. The van der Waals surface area contributed by atoms with Gasteiger partial charge in [0.25, 0.3) is 0 Å². The van der Waals surface area contributed by atoms with E-state index in [-0.39, 0.29) is 6.04 Å². The van der Waals surface area contributed by atoms with Crippen molar-refractivity contribution in [2.75, 3.05) is 6.61 Å². The molecule has 1 aliphatic heterocycles. The van der Waals surface area contributed by atoms with Crippen molar-refractivity contribution in [3.63, 3.8) is 0 Å². The highest BCUT2D eigenvalue weighted by Crippen LogP contribution is 2.31. The van der Waals surface area contributed by atoms with Crippen molar-refractivity contribution in [1.82, 2.24) is 14.5 Å². The molecule has 0 bridgehead atoms. The first-order valence-corrected chi connectivity index (χ1v) is 8.78. The second kappa shape index (κ2) is 6.94. The first kappa shape index (κ1) is 15.7. The summed E-state index contributed by atoms with van der Waals surface area (Å²) in [6.07, 6.45) is 1.96. The van der Waals surface area contributed by atoms with Gasteiger partial charge >= 0.3 is 0 Å². The minimum absolute atomic E-state index is 0.150. The van der Waals surface area contributed by atoms with E-state index >= 15 is 0 Å². The van der Waals surface area contributed by atoms with Crippen molar-refractivity contribution in [2.45, 2.75) is 44.2 Å². The molecule has 118 valence electrons. The molecule has 0 amide bonds. The quantitative estimate of drug-likeness (QED) is 0.828. The molecule has 1 N–H and O–H groups in total. The fraction of sp³-hybridized carbons (Fsp3) is 0.438. The summed E-state index contributed by atoms with van der Waals surface area (Å²) in [5.74, 6) is 0.953. The molecule has 1 aliphatic rings. The van der Waals surface area contributed by atoms with E-state index in [9.17, 15) is 0 Å². The molecule has 0 fully saturated rings. The zero-order valence-electron chi connectivity index (χ0n) is 12.8. The van der Waals surface area contributed by atoms with Gasteiger partial charge < -0.3 is 4.74 Å². The van der Waals surface area contributed by atoms with Crippen molar-refractivity contribution in [2.24, 2.45) is 0 Å². The van der Waals surface area contributed by atoms with Gasteiger partial charge in [-0.05, 0) is 49.6 Å². The average Bonchev–Trinajstić information content (AvgIpc) is 2.92. The Morgan fingerprint density at radius 3 is 2.91 bits per heavy atom. The Kier molecular flexibility index (Phi) is 4.96. The summed E-state index contributed by atoms with van der Waals surface area (Å²) in [4.78, 5) is 1.13. The number of nitrogens with one attached hydrogen (secondary N) is 1. The van der Waals surface area contributed by atoms with E-state index in [1.54, 1.807) is 11.9 Å². The lowest BCUT2D eigenvalue weighted by molar-refractivity contribution is 0.228. The van der Waals surface area contributed by atoms with E-state index in [1.807, 2.05) is 28.9 Å². The van der Waals surface area contributed by atoms with Gasteiger partial charge in [-0.15, -0.1) is 0 Å². The monoisotopic (exact) mass is 337 g/mol. The molecule has 0 radical (unpaired) electrons. The van der Waals surface area contributed by atoms with Crippen LogP contribution >= 0.6 is 23.5 Å². The van der Waals surface area contributed by atoms with Crippen molar-refractivity contribution in [1.29, 1.82) is 0 Å². The predicted molar refractivity (Wildman–Crippen MR) is 90.6 cm³/mol. The molecular formula is C16H20ClN3OS. The van der Waals surface area contributed by atoms with Crippen LogP contribution in [-0.2, 0) is 13.0 Å². The van der Waals surface area contributed by atoms with Crippen LogP contribution in [0, 0.1) is 0 Å². The fourth-order valence-electron chi connectivity index (χ4n) is 2.59. The van der Waals surface area contributed by atoms with Gasteiger partial charge in [-0.25, -0.2) is 4.68 Å². The van der Waals surface area contributed by atoms with Crippen molar-refractivity contribution in [3.05, 3.63) is 40.5 Å². The molecule has 4 nitrogen and oxygen atoms in total. The number of fused-ring (bicyclic) bond motifs is 1. The molecule has 1 unspecified atom stereocenters. The zero-order chi connectivity index (χ0) is 15.5. The van der Waals surface area contributed by atoms with Gasteiger partial charge in [-0.3, -0.25) is 4.72 Å². The maximum atomic E-state index is 5.91. The molecule has 1 atom stereocenters. The predicted octanol–water partition coefficient (Wildman–Crippen LogP) is 4.24. The Labute approximate surface area is 140 Å². The van der Waals surface area contributed by atoms with E-state index in [0.29, 0.717) is 0 Å². The van der Waals surface area contributed by atoms with Gasteiger partial charge in [0.15, 0.2) is 0 Å². The molecule has 3 rings (SSSR count). The van der Waals surface area contributed by atoms with Crippen LogP contribution in [0.25, 0.3) is 0 Å². The fourth-order valence-corrected chi connectivity index (χ4v) is 3.42. The van der Waals surface area contributed by atoms with Crippen LogP contribution in [0.15, 0.2) is 29.2 Å². The topological polar surface area (TPSA) is 39.1 Å². The largest absolute Gasteiger partial charge is 0.478 e. The van der Waals surface area contributed by atoms with Gasteiger partial charge in [0.05, 0.1) is 18.3 Å².